The molecule has 9 nitrogen and oxygen atoms in total. The van der Waals surface area contributed by atoms with Crippen molar-refractivity contribution < 1.29 is 28.5 Å². The number of fused-ring (bicyclic) bond motifs is 3. The summed E-state index contributed by atoms with van der Waals surface area (Å²) in [6.45, 7) is 6.61. The maximum Gasteiger partial charge on any atom is 0.319 e. The maximum absolute atomic E-state index is 17.0. The molecule has 0 unspecified atom stereocenters. The first-order chi connectivity index (χ1) is 24.1. The van der Waals surface area contributed by atoms with Crippen LogP contribution in [0.2, 0.25) is 0 Å². The zero-order chi connectivity index (χ0) is 34.8. The van der Waals surface area contributed by atoms with Crippen LogP contribution in [0.3, 0.4) is 0 Å². The van der Waals surface area contributed by atoms with Gasteiger partial charge in [0.2, 0.25) is 0 Å². The molecule has 0 bridgehead atoms. The van der Waals surface area contributed by atoms with Gasteiger partial charge in [-0.1, -0.05) is 25.3 Å². The topological polar surface area (TPSA) is 104 Å². The number of terminal acetylenes is 1. The van der Waals surface area contributed by atoms with E-state index in [-0.39, 0.29) is 58.1 Å². The molecule has 0 spiro atoms. The predicted octanol–water partition coefficient (Wildman–Crippen LogP) is 6.21. The van der Waals surface area contributed by atoms with Crippen molar-refractivity contribution in [3.8, 4) is 35.4 Å². The van der Waals surface area contributed by atoms with Gasteiger partial charge < -0.3 is 24.6 Å². The van der Waals surface area contributed by atoms with Crippen LogP contribution in [0.25, 0.3) is 32.9 Å². The first kappa shape index (κ1) is 33.1. The summed E-state index contributed by atoms with van der Waals surface area (Å²) >= 11 is 0. The number of rotatable bonds is 6. The van der Waals surface area contributed by atoms with Gasteiger partial charge in [-0.2, -0.15) is 9.97 Å². The number of phenols is 1. The van der Waals surface area contributed by atoms with Gasteiger partial charge in [0.25, 0.3) is 0 Å². The molecule has 0 amide bonds. The highest BCUT2D eigenvalue weighted by Gasteiger charge is 2.51. The number of anilines is 1. The second kappa shape index (κ2) is 12.6. The van der Waals surface area contributed by atoms with Crippen molar-refractivity contribution in [3.05, 3.63) is 47.7 Å². The van der Waals surface area contributed by atoms with E-state index in [1.165, 1.54) is 43.3 Å². The third kappa shape index (κ3) is 5.71. The molecule has 262 valence electrons. The van der Waals surface area contributed by atoms with E-state index in [0.29, 0.717) is 48.4 Å². The number of aromatic nitrogens is 3. The maximum atomic E-state index is 17.0. The molecule has 3 atom stereocenters. The summed E-state index contributed by atoms with van der Waals surface area (Å²) in [7, 11) is 0. The van der Waals surface area contributed by atoms with E-state index in [4.69, 9.17) is 20.9 Å². The number of β-amino-alcohol motifs (C(OH)–C–C–N with tert-alkyl or cyclic N) is 1. The Labute approximate surface area is 290 Å². The zero-order valence-corrected chi connectivity index (χ0v) is 28.6. The van der Waals surface area contributed by atoms with Crippen LogP contribution >= 0.6 is 0 Å². The monoisotopic (exact) mass is 683 g/mol. The molecule has 4 heterocycles. The predicted molar refractivity (Wildman–Crippen MR) is 187 cm³/mol. The minimum atomic E-state index is -1.18. The van der Waals surface area contributed by atoms with Crippen LogP contribution in [0.15, 0.2) is 30.5 Å². The molecule has 2 aliphatic heterocycles. The lowest BCUT2D eigenvalue weighted by Crippen LogP contribution is -2.58. The van der Waals surface area contributed by atoms with Crippen LogP contribution in [0, 0.1) is 35.3 Å². The SMILES string of the molecule is C#Cc1c(F)ccc2cc(O)cc(-c3ncc4c(N5CCOC[C@@](C)(O)C5)nc(OC[C@]56CCC[C@H]5N(C5CC(C)C5)CCC6)nc4c3F)c12. The highest BCUT2D eigenvalue weighted by atomic mass is 19.1. The molecule has 4 aromatic rings. The van der Waals surface area contributed by atoms with E-state index in [1.54, 1.807) is 6.92 Å². The normalized spacial score (nSPS) is 28.6. The Morgan fingerprint density at radius 3 is 2.76 bits per heavy atom. The quantitative estimate of drug-likeness (QED) is 0.230. The van der Waals surface area contributed by atoms with Crippen molar-refractivity contribution in [1.29, 1.82) is 0 Å². The number of phenolic OH excluding ortho intramolecular Hbond substituents is 1. The summed E-state index contributed by atoms with van der Waals surface area (Å²) in [4.78, 5) is 18.6. The third-order valence-corrected chi connectivity index (χ3v) is 11.5. The molecular formula is C39H43F2N5O4. The summed E-state index contributed by atoms with van der Waals surface area (Å²) in [5.74, 6) is 1.96. The van der Waals surface area contributed by atoms with Gasteiger partial charge in [-0.25, -0.2) is 8.78 Å². The van der Waals surface area contributed by atoms with Crippen LogP contribution in [-0.2, 0) is 4.74 Å². The second-order valence-electron chi connectivity index (χ2n) is 15.3. The first-order valence-electron chi connectivity index (χ1n) is 17.8. The van der Waals surface area contributed by atoms with E-state index < -0.39 is 17.2 Å². The fourth-order valence-electron chi connectivity index (χ4n) is 9.17. The smallest absolute Gasteiger partial charge is 0.319 e. The van der Waals surface area contributed by atoms with Gasteiger partial charge in [0.15, 0.2) is 5.82 Å². The Balaban J connectivity index is 1.23. The first-order valence-corrected chi connectivity index (χ1v) is 17.8. The fraction of sp³-hybridized carbons (Fsp3) is 0.513. The molecule has 2 aliphatic carbocycles. The fourth-order valence-corrected chi connectivity index (χ4v) is 9.17. The van der Waals surface area contributed by atoms with Gasteiger partial charge in [0, 0.05) is 41.2 Å². The summed E-state index contributed by atoms with van der Waals surface area (Å²) in [5, 5.41) is 22.7. The molecule has 4 aliphatic rings. The summed E-state index contributed by atoms with van der Waals surface area (Å²) in [6, 6.07) is 6.60. The van der Waals surface area contributed by atoms with Crippen molar-refractivity contribution in [2.24, 2.45) is 11.3 Å². The van der Waals surface area contributed by atoms with Crippen LogP contribution < -0.4 is 9.64 Å². The highest BCUT2D eigenvalue weighted by molar-refractivity contribution is 6.03. The molecule has 50 heavy (non-hydrogen) atoms. The summed E-state index contributed by atoms with van der Waals surface area (Å²) in [5.41, 5.74) is -1.31. The number of piperidine rings is 1. The number of nitrogens with zero attached hydrogens (tertiary/aromatic N) is 5. The highest BCUT2D eigenvalue weighted by Crippen LogP contribution is 2.51. The number of likely N-dealkylation sites (tertiary alicyclic amines) is 1. The molecule has 4 fully saturated rings. The number of aliphatic hydroxyl groups is 1. The number of aromatic hydroxyl groups is 1. The molecule has 2 N–H and O–H groups in total. The third-order valence-electron chi connectivity index (χ3n) is 11.5. The van der Waals surface area contributed by atoms with Gasteiger partial charge in [-0.05, 0) is 81.5 Å². The van der Waals surface area contributed by atoms with Crippen molar-refractivity contribution in [2.75, 3.05) is 44.4 Å². The summed E-state index contributed by atoms with van der Waals surface area (Å²) < 4.78 is 44.1. The van der Waals surface area contributed by atoms with Crippen molar-refractivity contribution in [3.63, 3.8) is 0 Å². The number of ether oxygens (including phenoxy) is 2. The lowest BCUT2D eigenvalue weighted by Gasteiger charge is -2.53. The van der Waals surface area contributed by atoms with E-state index in [0.717, 1.165) is 44.6 Å². The lowest BCUT2D eigenvalue weighted by molar-refractivity contribution is -0.0511. The number of hydrogen-bond acceptors (Lipinski definition) is 9. The Morgan fingerprint density at radius 1 is 1.14 bits per heavy atom. The molecule has 2 saturated carbocycles. The van der Waals surface area contributed by atoms with E-state index >= 15 is 4.39 Å². The van der Waals surface area contributed by atoms with Gasteiger partial charge in [-0.15, -0.1) is 6.42 Å². The van der Waals surface area contributed by atoms with Crippen LogP contribution in [0.5, 0.6) is 11.8 Å². The molecule has 2 saturated heterocycles. The average molecular weight is 684 g/mol. The second-order valence-corrected chi connectivity index (χ2v) is 15.3. The van der Waals surface area contributed by atoms with Crippen LogP contribution in [0.4, 0.5) is 14.6 Å². The van der Waals surface area contributed by atoms with Gasteiger partial charge in [-0.3, -0.25) is 9.88 Å². The molecule has 2 aromatic carbocycles. The van der Waals surface area contributed by atoms with E-state index in [9.17, 15) is 14.6 Å². The minimum absolute atomic E-state index is 0.0339. The standard InChI is InChI=1S/C39H43F2N5O4/c1-4-27-30(40)9-8-24-17-26(47)18-28(32(24)27)34-33(41)35-29(19-42-34)36(45-13-14-49-21-38(3,48)20-45)44-37(43-35)50-22-39-10-5-7-31(39)46(12-6-11-39)25-15-23(2)16-25/h1,8-9,17-19,23,25,31,47-48H,5-7,10-16,20-22H2,2-3H3/t23?,25?,31-,38+,39-/m1/s1. The largest absolute Gasteiger partial charge is 0.508 e. The summed E-state index contributed by atoms with van der Waals surface area (Å²) in [6.07, 6.45) is 15.2. The Bertz CT molecular complexity index is 2010. The Morgan fingerprint density at radius 2 is 1.96 bits per heavy atom. The number of pyridine rings is 1. The van der Waals surface area contributed by atoms with E-state index in [2.05, 4.69) is 27.7 Å². The average Bonchev–Trinajstić information content (AvgIpc) is 3.43. The lowest BCUT2D eigenvalue weighted by atomic mass is 9.72. The van der Waals surface area contributed by atoms with Crippen molar-refractivity contribution >= 4 is 27.5 Å². The number of halogens is 2. The molecule has 8 rings (SSSR count). The molecule has 11 heteroatoms. The van der Waals surface area contributed by atoms with E-state index in [1.807, 2.05) is 4.90 Å². The number of hydrogen-bond donors (Lipinski definition) is 2. The van der Waals surface area contributed by atoms with Crippen molar-refractivity contribution in [1.82, 2.24) is 19.9 Å². The van der Waals surface area contributed by atoms with Crippen LogP contribution in [0.1, 0.15) is 64.4 Å². The molecule has 2 aromatic heterocycles. The zero-order valence-electron chi connectivity index (χ0n) is 28.6. The van der Waals surface area contributed by atoms with Crippen molar-refractivity contribution in [2.45, 2.75) is 76.5 Å². The Hall–Kier alpha value is -4.11. The van der Waals surface area contributed by atoms with Crippen LogP contribution in [-0.4, -0.2) is 87.2 Å². The minimum Gasteiger partial charge on any atom is -0.508 e. The van der Waals surface area contributed by atoms with Gasteiger partial charge >= 0.3 is 6.01 Å². The number of benzene rings is 2. The molecular weight excluding hydrogens is 640 g/mol. The Kier molecular flexibility index (Phi) is 8.32. The molecule has 0 radical (unpaired) electrons. The van der Waals surface area contributed by atoms with Gasteiger partial charge in [0.05, 0.1) is 37.3 Å². The van der Waals surface area contributed by atoms with Gasteiger partial charge in [0.1, 0.15) is 34.2 Å².